The number of hydrogen-bond donors (Lipinski definition) is 1. The van der Waals surface area contributed by atoms with Gasteiger partial charge in [-0.15, -0.1) is 0 Å². The summed E-state index contributed by atoms with van der Waals surface area (Å²) in [7, 11) is -3.46. The molecule has 1 saturated heterocycles. The summed E-state index contributed by atoms with van der Waals surface area (Å²) in [5.41, 5.74) is 2.25. The van der Waals surface area contributed by atoms with Gasteiger partial charge in [0.05, 0.1) is 10.6 Å². The Morgan fingerprint density at radius 3 is 2.86 bits per heavy atom. The van der Waals surface area contributed by atoms with Crippen LogP contribution in [0.4, 0.5) is 4.39 Å². The minimum Gasteiger partial charge on any atom is -0.356 e. The number of likely N-dealkylation sites (tertiary alicyclic amines) is 1. The van der Waals surface area contributed by atoms with Crippen molar-refractivity contribution in [1.82, 2.24) is 14.8 Å². The highest BCUT2D eigenvalue weighted by atomic mass is 32.2. The number of nitrogens with one attached hydrogen (secondary N) is 1. The van der Waals surface area contributed by atoms with E-state index >= 15 is 0 Å². The third kappa shape index (κ3) is 4.66. The first-order valence-corrected chi connectivity index (χ1v) is 11.2. The SMILES string of the molecule is Cc1cccc(S(=O)(=O)NCC2CN(CCCc3noc4cc(F)ccc34)C2)c1. The van der Waals surface area contributed by atoms with Crippen LogP contribution in [0.15, 0.2) is 51.9 Å². The van der Waals surface area contributed by atoms with Crippen molar-refractivity contribution in [2.75, 3.05) is 26.2 Å². The Kier molecular flexibility index (Phi) is 5.67. The van der Waals surface area contributed by atoms with Gasteiger partial charge in [-0.25, -0.2) is 17.5 Å². The first-order valence-electron chi connectivity index (χ1n) is 9.73. The van der Waals surface area contributed by atoms with Gasteiger partial charge in [0, 0.05) is 31.1 Å². The third-order valence-corrected chi connectivity index (χ3v) is 6.71. The van der Waals surface area contributed by atoms with Gasteiger partial charge in [0.1, 0.15) is 5.82 Å². The number of halogens is 1. The second kappa shape index (κ2) is 8.22. The van der Waals surface area contributed by atoms with Crippen LogP contribution in [0, 0.1) is 18.7 Å². The largest absolute Gasteiger partial charge is 0.356 e. The van der Waals surface area contributed by atoms with Crippen molar-refractivity contribution in [2.45, 2.75) is 24.7 Å². The second-order valence-electron chi connectivity index (χ2n) is 7.67. The monoisotopic (exact) mass is 417 g/mol. The summed E-state index contributed by atoms with van der Waals surface area (Å²) in [5, 5.41) is 4.91. The predicted octanol–water partition coefficient (Wildman–Crippen LogP) is 3.12. The smallest absolute Gasteiger partial charge is 0.240 e. The van der Waals surface area contributed by atoms with E-state index in [2.05, 4.69) is 14.8 Å². The van der Waals surface area contributed by atoms with Crippen molar-refractivity contribution in [3.63, 3.8) is 0 Å². The minimum absolute atomic E-state index is 0.313. The zero-order valence-corrected chi connectivity index (χ0v) is 17.1. The van der Waals surface area contributed by atoms with Crippen LogP contribution in [0.1, 0.15) is 17.7 Å². The lowest BCUT2D eigenvalue weighted by Crippen LogP contribution is -2.51. The van der Waals surface area contributed by atoms with Gasteiger partial charge >= 0.3 is 0 Å². The van der Waals surface area contributed by atoms with Crippen LogP contribution in [-0.4, -0.2) is 44.7 Å². The molecule has 29 heavy (non-hydrogen) atoms. The summed E-state index contributed by atoms with van der Waals surface area (Å²) in [6.45, 7) is 4.99. The highest BCUT2D eigenvalue weighted by molar-refractivity contribution is 7.89. The quantitative estimate of drug-likeness (QED) is 0.610. The maximum absolute atomic E-state index is 13.2. The van der Waals surface area contributed by atoms with Crippen LogP contribution >= 0.6 is 0 Å². The minimum atomic E-state index is -3.46. The first-order chi connectivity index (χ1) is 13.9. The van der Waals surface area contributed by atoms with E-state index in [0.717, 1.165) is 49.1 Å². The molecule has 2 heterocycles. The Morgan fingerprint density at radius 2 is 2.07 bits per heavy atom. The molecule has 0 amide bonds. The zero-order chi connectivity index (χ0) is 20.4. The number of nitrogens with zero attached hydrogens (tertiary/aromatic N) is 2. The van der Waals surface area contributed by atoms with Gasteiger partial charge in [0.15, 0.2) is 5.58 Å². The van der Waals surface area contributed by atoms with Crippen LogP contribution in [0.3, 0.4) is 0 Å². The predicted molar refractivity (Wildman–Crippen MR) is 109 cm³/mol. The summed E-state index contributed by atoms with van der Waals surface area (Å²) in [6, 6.07) is 11.4. The number of hydrogen-bond acceptors (Lipinski definition) is 5. The standard InChI is InChI=1S/C21H24FN3O3S/c1-15-4-2-5-18(10-15)29(26,27)23-12-16-13-25(14-16)9-3-6-20-19-8-7-17(22)11-21(19)28-24-20/h2,4-5,7-8,10-11,16,23H,3,6,9,12-14H2,1H3. The number of sulfonamides is 1. The number of aromatic nitrogens is 1. The van der Waals surface area contributed by atoms with Gasteiger partial charge in [0.2, 0.25) is 10.0 Å². The van der Waals surface area contributed by atoms with Crippen LogP contribution in [0.5, 0.6) is 0 Å². The van der Waals surface area contributed by atoms with Crippen molar-refractivity contribution >= 4 is 21.0 Å². The lowest BCUT2D eigenvalue weighted by Gasteiger charge is -2.39. The van der Waals surface area contributed by atoms with E-state index in [-0.39, 0.29) is 5.82 Å². The Morgan fingerprint density at radius 1 is 1.24 bits per heavy atom. The molecule has 1 fully saturated rings. The van der Waals surface area contributed by atoms with Crippen molar-refractivity contribution in [3.8, 4) is 0 Å². The molecule has 1 aliphatic heterocycles. The fraction of sp³-hybridized carbons (Fsp3) is 0.381. The van der Waals surface area contributed by atoms with Crippen LogP contribution in [0.2, 0.25) is 0 Å². The van der Waals surface area contributed by atoms with E-state index in [1.807, 2.05) is 13.0 Å². The molecule has 0 radical (unpaired) electrons. The molecule has 154 valence electrons. The molecule has 4 rings (SSSR count). The van der Waals surface area contributed by atoms with E-state index < -0.39 is 10.0 Å². The summed E-state index contributed by atoms with van der Waals surface area (Å²) in [4.78, 5) is 2.61. The number of benzene rings is 2. The molecule has 0 unspecified atom stereocenters. The average molecular weight is 418 g/mol. The normalized spacial score (nSPS) is 15.7. The van der Waals surface area contributed by atoms with Gasteiger partial charge in [0.25, 0.3) is 0 Å². The first kappa shape index (κ1) is 20.0. The van der Waals surface area contributed by atoms with Gasteiger partial charge in [-0.3, -0.25) is 0 Å². The molecule has 1 aromatic heterocycles. The highest BCUT2D eigenvalue weighted by Gasteiger charge is 2.27. The Labute approximate surface area is 169 Å². The lowest BCUT2D eigenvalue weighted by molar-refractivity contribution is 0.102. The van der Waals surface area contributed by atoms with Crippen molar-refractivity contribution in [3.05, 3.63) is 59.5 Å². The van der Waals surface area contributed by atoms with E-state index in [0.29, 0.717) is 22.9 Å². The fourth-order valence-electron chi connectivity index (χ4n) is 3.70. The Balaban J connectivity index is 1.20. The zero-order valence-electron chi connectivity index (χ0n) is 16.3. The topological polar surface area (TPSA) is 75.4 Å². The number of aryl methyl sites for hydroxylation is 2. The van der Waals surface area contributed by atoms with E-state index in [1.54, 1.807) is 24.3 Å². The van der Waals surface area contributed by atoms with Crippen molar-refractivity contribution in [2.24, 2.45) is 5.92 Å². The fourth-order valence-corrected chi connectivity index (χ4v) is 4.92. The van der Waals surface area contributed by atoms with E-state index in [1.165, 1.54) is 12.1 Å². The highest BCUT2D eigenvalue weighted by Crippen LogP contribution is 2.22. The molecule has 1 N–H and O–H groups in total. The molecule has 8 heteroatoms. The van der Waals surface area contributed by atoms with Crippen LogP contribution < -0.4 is 4.72 Å². The van der Waals surface area contributed by atoms with Gasteiger partial charge < -0.3 is 9.42 Å². The lowest BCUT2D eigenvalue weighted by atomic mass is 10.00. The maximum atomic E-state index is 13.2. The molecule has 0 atom stereocenters. The van der Waals surface area contributed by atoms with Gasteiger partial charge in [-0.05, 0) is 62.1 Å². The Hall–Kier alpha value is -2.29. The summed E-state index contributed by atoms with van der Waals surface area (Å²) in [6.07, 6.45) is 1.68. The average Bonchev–Trinajstić information content (AvgIpc) is 3.04. The van der Waals surface area contributed by atoms with E-state index in [9.17, 15) is 12.8 Å². The third-order valence-electron chi connectivity index (χ3n) is 5.29. The van der Waals surface area contributed by atoms with Gasteiger partial charge in [-0.1, -0.05) is 17.3 Å². The molecule has 0 bridgehead atoms. The summed E-state index contributed by atoms with van der Waals surface area (Å²) in [5.74, 6) is -0.00437. The molecular formula is C21H24FN3O3S. The second-order valence-corrected chi connectivity index (χ2v) is 9.43. The van der Waals surface area contributed by atoms with Crippen LogP contribution in [0.25, 0.3) is 11.0 Å². The van der Waals surface area contributed by atoms with Gasteiger partial charge in [-0.2, -0.15) is 0 Å². The maximum Gasteiger partial charge on any atom is 0.240 e. The van der Waals surface area contributed by atoms with Crippen molar-refractivity contribution < 1.29 is 17.3 Å². The van der Waals surface area contributed by atoms with Crippen molar-refractivity contribution in [1.29, 1.82) is 0 Å². The van der Waals surface area contributed by atoms with Crippen LogP contribution in [-0.2, 0) is 16.4 Å². The molecule has 0 aliphatic carbocycles. The molecular weight excluding hydrogens is 393 g/mol. The summed E-state index contributed by atoms with van der Waals surface area (Å²) >= 11 is 0. The molecule has 6 nitrogen and oxygen atoms in total. The summed E-state index contributed by atoms with van der Waals surface area (Å²) < 4.78 is 45.9. The number of fused-ring (bicyclic) bond motifs is 1. The molecule has 3 aromatic rings. The Bertz CT molecular complexity index is 1110. The molecule has 2 aromatic carbocycles. The van der Waals surface area contributed by atoms with E-state index in [4.69, 9.17) is 4.52 Å². The number of rotatable bonds is 8. The molecule has 1 aliphatic rings. The molecule has 0 saturated carbocycles. The molecule has 0 spiro atoms.